The summed E-state index contributed by atoms with van der Waals surface area (Å²) in [5, 5.41) is 0. The van der Waals surface area contributed by atoms with Gasteiger partial charge in [0, 0.05) is 25.7 Å². The van der Waals surface area contributed by atoms with Crippen LogP contribution in [0.3, 0.4) is 0 Å². The second-order valence-electron chi connectivity index (χ2n) is 11.1. The summed E-state index contributed by atoms with van der Waals surface area (Å²) in [5.74, 6) is -2.21. The Hall–Kier alpha value is -3.10. The molecule has 1 saturated carbocycles. The van der Waals surface area contributed by atoms with Crippen LogP contribution in [0.2, 0.25) is 0 Å². The molecule has 9 heteroatoms. The number of nitrogens with zero attached hydrogens (tertiary/aromatic N) is 2. The van der Waals surface area contributed by atoms with E-state index in [1.165, 1.54) is 12.1 Å². The SMILES string of the molecule is CC.CC(C)(C)OC(=O)N1CCC(Cc2ccc(F)cc2)(CN(C(=O)C(F)(F)F)C2CC2)CC1.c1ccccc1. The standard InChI is InChI=1S/C23H30F4N2O3.C6H6.C2H6/c1-21(2,3)32-20(31)28-12-10-22(11-13-28,14-16-4-6-17(24)7-5-16)15-29(18-8-9-18)19(30)23(25,26)27;1-2-4-6-5-3-1;1-2/h4-7,18H,8-15H2,1-3H3;1-6H;1-2H3. The second kappa shape index (κ2) is 14.5. The smallest absolute Gasteiger partial charge is 0.444 e. The van der Waals surface area contributed by atoms with Crippen LogP contribution in [0, 0.1) is 11.2 Å². The fourth-order valence-corrected chi connectivity index (χ4v) is 4.58. The van der Waals surface area contributed by atoms with Gasteiger partial charge in [-0.3, -0.25) is 4.79 Å². The zero-order valence-electron chi connectivity index (χ0n) is 24.1. The van der Waals surface area contributed by atoms with Crippen molar-refractivity contribution in [1.29, 1.82) is 0 Å². The molecular weight excluding hydrogens is 524 g/mol. The number of amides is 2. The van der Waals surface area contributed by atoms with Crippen molar-refractivity contribution in [2.75, 3.05) is 19.6 Å². The summed E-state index contributed by atoms with van der Waals surface area (Å²) in [6, 6.07) is 17.5. The van der Waals surface area contributed by atoms with E-state index in [-0.39, 0.29) is 6.54 Å². The number of halogens is 4. The monoisotopic (exact) mass is 566 g/mol. The van der Waals surface area contributed by atoms with Crippen molar-refractivity contribution in [3.63, 3.8) is 0 Å². The topological polar surface area (TPSA) is 49.9 Å². The highest BCUT2D eigenvalue weighted by molar-refractivity contribution is 5.82. The Labute approximate surface area is 235 Å². The largest absolute Gasteiger partial charge is 0.471 e. The first-order valence-corrected chi connectivity index (χ1v) is 13.9. The van der Waals surface area contributed by atoms with Crippen LogP contribution in [0.4, 0.5) is 22.4 Å². The lowest BCUT2D eigenvalue weighted by Crippen LogP contribution is -2.53. The van der Waals surface area contributed by atoms with Crippen LogP contribution >= 0.6 is 0 Å². The normalized spacial score (nSPS) is 16.5. The summed E-state index contributed by atoms with van der Waals surface area (Å²) in [6.45, 7) is 9.89. The molecule has 0 N–H and O–H groups in total. The highest BCUT2D eigenvalue weighted by Crippen LogP contribution is 2.41. The molecule has 0 aromatic heterocycles. The molecule has 1 heterocycles. The molecule has 0 unspecified atom stereocenters. The van der Waals surface area contributed by atoms with Crippen LogP contribution in [-0.4, -0.2) is 59.3 Å². The molecule has 0 spiro atoms. The highest BCUT2D eigenvalue weighted by Gasteiger charge is 2.50. The first-order valence-electron chi connectivity index (χ1n) is 13.9. The summed E-state index contributed by atoms with van der Waals surface area (Å²) in [5.41, 5.74) is -0.520. The molecule has 5 nitrogen and oxygen atoms in total. The maximum absolute atomic E-state index is 13.4. The van der Waals surface area contributed by atoms with Crippen molar-refractivity contribution < 1.29 is 31.9 Å². The number of benzene rings is 2. The number of likely N-dealkylation sites (tertiary alicyclic amines) is 1. The van der Waals surface area contributed by atoms with Crippen LogP contribution in [0.1, 0.15) is 65.9 Å². The molecule has 0 bridgehead atoms. The number of rotatable bonds is 5. The van der Waals surface area contributed by atoms with Crippen LogP contribution in [-0.2, 0) is 16.0 Å². The van der Waals surface area contributed by atoms with Crippen LogP contribution < -0.4 is 0 Å². The Morgan fingerprint density at radius 3 is 1.80 bits per heavy atom. The van der Waals surface area contributed by atoms with Gasteiger partial charge in [-0.25, -0.2) is 9.18 Å². The van der Waals surface area contributed by atoms with Crippen molar-refractivity contribution in [2.45, 2.75) is 84.5 Å². The maximum Gasteiger partial charge on any atom is 0.471 e. The summed E-state index contributed by atoms with van der Waals surface area (Å²) in [7, 11) is 0. The fraction of sp³-hybridized carbons (Fsp3) is 0.548. The van der Waals surface area contributed by atoms with Gasteiger partial charge in [0.15, 0.2) is 0 Å². The molecule has 0 radical (unpaired) electrons. The number of carbonyl (C=O) groups excluding carboxylic acids is 2. The molecule has 2 aromatic carbocycles. The zero-order chi connectivity index (χ0) is 30.0. The summed E-state index contributed by atoms with van der Waals surface area (Å²) in [6.07, 6.45) is -3.06. The maximum atomic E-state index is 13.4. The number of alkyl halides is 3. The molecule has 2 aromatic rings. The highest BCUT2D eigenvalue weighted by atomic mass is 19.4. The van der Waals surface area contributed by atoms with Gasteiger partial charge >= 0.3 is 18.2 Å². The van der Waals surface area contributed by atoms with Crippen LogP contribution in [0.25, 0.3) is 0 Å². The van der Waals surface area contributed by atoms with E-state index >= 15 is 0 Å². The molecule has 2 amide bonds. The average Bonchev–Trinajstić information content (AvgIpc) is 3.75. The fourth-order valence-electron chi connectivity index (χ4n) is 4.58. The van der Waals surface area contributed by atoms with E-state index in [0.717, 1.165) is 10.5 Å². The molecule has 222 valence electrons. The van der Waals surface area contributed by atoms with Crippen LogP contribution in [0.5, 0.6) is 0 Å². The minimum absolute atomic E-state index is 0.0461. The molecule has 1 saturated heterocycles. The Kier molecular flexibility index (Phi) is 12.0. The number of carbonyl (C=O) groups is 2. The third kappa shape index (κ3) is 10.8. The van der Waals surface area contributed by atoms with Gasteiger partial charge < -0.3 is 14.5 Å². The van der Waals surface area contributed by atoms with Gasteiger partial charge in [-0.05, 0) is 76.0 Å². The molecule has 0 atom stereocenters. The lowest BCUT2D eigenvalue weighted by atomic mass is 9.73. The zero-order valence-corrected chi connectivity index (χ0v) is 24.1. The van der Waals surface area contributed by atoms with E-state index < -0.39 is 41.1 Å². The van der Waals surface area contributed by atoms with Gasteiger partial charge in [-0.1, -0.05) is 62.4 Å². The van der Waals surface area contributed by atoms with Crippen molar-refractivity contribution in [3.05, 3.63) is 72.0 Å². The minimum Gasteiger partial charge on any atom is -0.444 e. The molecule has 2 aliphatic rings. The van der Waals surface area contributed by atoms with Crippen molar-refractivity contribution in [3.8, 4) is 0 Å². The van der Waals surface area contributed by atoms with E-state index in [0.29, 0.717) is 45.2 Å². The third-order valence-electron chi connectivity index (χ3n) is 6.63. The summed E-state index contributed by atoms with van der Waals surface area (Å²) in [4.78, 5) is 27.1. The lowest BCUT2D eigenvalue weighted by molar-refractivity contribution is -0.188. The number of piperidine rings is 1. The van der Waals surface area contributed by atoms with E-state index in [1.807, 2.05) is 50.2 Å². The number of hydrogen-bond acceptors (Lipinski definition) is 3. The number of ether oxygens (including phenoxy) is 1. The van der Waals surface area contributed by atoms with Gasteiger partial charge in [0.25, 0.3) is 0 Å². The van der Waals surface area contributed by atoms with Crippen molar-refractivity contribution in [2.24, 2.45) is 5.41 Å². The van der Waals surface area contributed by atoms with Gasteiger partial charge in [0.1, 0.15) is 11.4 Å². The summed E-state index contributed by atoms with van der Waals surface area (Å²) >= 11 is 0. The molecule has 1 aliphatic heterocycles. The predicted octanol–water partition coefficient (Wildman–Crippen LogP) is 7.65. The summed E-state index contributed by atoms with van der Waals surface area (Å²) < 4.78 is 58.6. The van der Waals surface area contributed by atoms with E-state index in [4.69, 9.17) is 4.74 Å². The molecule has 40 heavy (non-hydrogen) atoms. The molecule has 1 aliphatic carbocycles. The van der Waals surface area contributed by atoms with Crippen molar-refractivity contribution >= 4 is 12.0 Å². The Morgan fingerprint density at radius 1 is 0.925 bits per heavy atom. The predicted molar refractivity (Wildman–Crippen MR) is 148 cm³/mol. The molecule has 2 fully saturated rings. The van der Waals surface area contributed by atoms with Gasteiger partial charge in [0.05, 0.1) is 0 Å². The first kappa shape index (κ1) is 33.1. The van der Waals surface area contributed by atoms with Gasteiger partial charge in [-0.15, -0.1) is 0 Å². The third-order valence-corrected chi connectivity index (χ3v) is 6.63. The van der Waals surface area contributed by atoms with Crippen molar-refractivity contribution in [1.82, 2.24) is 9.80 Å². The van der Waals surface area contributed by atoms with E-state index in [9.17, 15) is 27.2 Å². The molecule has 4 rings (SSSR count). The van der Waals surface area contributed by atoms with E-state index in [2.05, 4.69) is 0 Å². The lowest BCUT2D eigenvalue weighted by Gasteiger charge is -2.45. The quantitative estimate of drug-likeness (QED) is 0.349. The Balaban J connectivity index is 0.000000609. The van der Waals surface area contributed by atoms with E-state index in [1.54, 1.807) is 37.8 Å². The average molecular weight is 567 g/mol. The van der Waals surface area contributed by atoms with Gasteiger partial charge in [-0.2, -0.15) is 13.2 Å². The Bertz CT molecular complexity index is 1010. The number of hydrogen-bond donors (Lipinski definition) is 0. The first-order chi connectivity index (χ1) is 18.8. The minimum atomic E-state index is -4.93. The second-order valence-corrected chi connectivity index (χ2v) is 11.1. The van der Waals surface area contributed by atoms with Gasteiger partial charge in [0.2, 0.25) is 0 Å². The van der Waals surface area contributed by atoms with Crippen LogP contribution in [0.15, 0.2) is 60.7 Å². The Morgan fingerprint density at radius 2 is 1.40 bits per heavy atom. The molecular formula is C31H42F4N2O3.